The predicted molar refractivity (Wildman–Crippen MR) is 69.4 cm³/mol. The molecule has 9 atom stereocenters. The lowest BCUT2D eigenvalue weighted by Gasteiger charge is -2.41. The van der Waals surface area contributed by atoms with Gasteiger partial charge >= 0.3 is 0 Å². The van der Waals surface area contributed by atoms with Gasteiger partial charge in [0, 0.05) is 0 Å². The average Bonchev–Trinajstić information content (AvgIpc) is 2.52. The first-order chi connectivity index (χ1) is 10.2. The minimum absolute atomic E-state index is 0.828. The molecular weight excluding hydrogens is 304 g/mol. The third-order valence-corrected chi connectivity index (χ3v) is 3.58. The fraction of sp³-hybridized carbons (Fsp3) is 1.00. The molecule has 1 aliphatic heterocycles. The fourth-order valence-electron chi connectivity index (χ4n) is 2.11. The van der Waals surface area contributed by atoms with Crippen LogP contribution in [0.2, 0.25) is 0 Å². The normalized spacial score (nSPS) is 38.3. The van der Waals surface area contributed by atoms with Gasteiger partial charge in [0.25, 0.3) is 0 Å². The van der Waals surface area contributed by atoms with Crippen molar-refractivity contribution < 1.29 is 50.3 Å². The van der Waals surface area contributed by atoms with Crippen LogP contribution < -0.4 is 0 Å². The van der Waals surface area contributed by atoms with E-state index in [9.17, 15) is 30.6 Å². The summed E-state index contributed by atoms with van der Waals surface area (Å²) in [5, 5.41) is 75.7. The number of aliphatic hydroxyl groups is 8. The lowest BCUT2D eigenvalue weighted by molar-refractivity contribution is -0.321. The summed E-state index contributed by atoms with van der Waals surface area (Å²) in [6.07, 6.45) is -13.8. The van der Waals surface area contributed by atoms with E-state index in [-0.39, 0.29) is 0 Å². The molecule has 0 aromatic heterocycles. The Morgan fingerprint density at radius 3 is 1.95 bits per heavy atom. The monoisotopic (exact) mass is 328 g/mol. The van der Waals surface area contributed by atoms with E-state index in [4.69, 9.17) is 19.7 Å². The van der Waals surface area contributed by atoms with Crippen molar-refractivity contribution in [1.82, 2.24) is 0 Å². The van der Waals surface area contributed by atoms with Gasteiger partial charge in [0.15, 0.2) is 6.29 Å². The molecule has 1 heterocycles. The molecule has 0 amide bonds. The van der Waals surface area contributed by atoms with Crippen LogP contribution in [0.4, 0.5) is 0 Å². The van der Waals surface area contributed by atoms with Gasteiger partial charge in [0.05, 0.1) is 19.3 Å². The molecule has 0 spiro atoms. The summed E-state index contributed by atoms with van der Waals surface area (Å²) >= 11 is 0. The van der Waals surface area contributed by atoms with Crippen LogP contribution in [0.3, 0.4) is 0 Å². The van der Waals surface area contributed by atoms with Crippen LogP contribution in [0, 0.1) is 0 Å². The van der Waals surface area contributed by atoms with Crippen LogP contribution in [-0.4, -0.2) is 109 Å². The van der Waals surface area contributed by atoms with Crippen molar-refractivity contribution in [3.8, 4) is 0 Å². The topological polar surface area (TPSA) is 180 Å². The molecule has 10 nitrogen and oxygen atoms in total. The van der Waals surface area contributed by atoms with Gasteiger partial charge in [-0.2, -0.15) is 0 Å². The van der Waals surface area contributed by atoms with Crippen molar-refractivity contribution in [3.63, 3.8) is 0 Å². The lowest BCUT2D eigenvalue weighted by Crippen LogP contribution is -2.60. The highest BCUT2D eigenvalue weighted by Crippen LogP contribution is 2.24. The van der Waals surface area contributed by atoms with Crippen LogP contribution in [0.1, 0.15) is 6.92 Å². The smallest absolute Gasteiger partial charge is 0.187 e. The summed E-state index contributed by atoms with van der Waals surface area (Å²) in [4.78, 5) is 0. The lowest BCUT2D eigenvalue weighted by atomic mass is 9.99. The maximum Gasteiger partial charge on any atom is 0.187 e. The van der Waals surface area contributed by atoms with E-state index >= 15 is 0 Å². The Labute approximate surface area is 126 Å². The molecule has 1 aliphatic rings. The number of rotatable bonds is 7. The van der Waals surface area contributed by atoms with Crippen molar-refractivity contribution in [2.24, 2.45) is 0 Å². The van der Waals surface area contributed by atoms with Crippen molar-refractivity contribution >= 4 is 0 Å². The summed E-state index contributed by atoms with van der Waals surface area (Å²) in [6, 6.07) is 0. The highest BCUT2D eigenvalue weighted by Gasteiger charge is 2.45. The SMILES string of the molecule is C[C@@H]1O[C@@H](O[C@H]([C@@H](O)[C@@H](O)CO)[C@@H](O)CO)[C@H](O)[C@H](O)[C@H]1O. The standard InChI is InChI=1S/C12H24O10/c1-4-7(17)9(19)10(20)12(21-4)22-11(6(16)3-14)8(18)5(15)2-13/h4-20H,2-3H2,1H3/t4-,5-,6-,7-,8-,9+,10+,11-,12-/m0/s1. The van der Waals surface area contributed by atoms with E-state index in [1.165, 1.54) is 6.92 Å². The molecule has 132 valence electrons. The van der Waals surface area contributed by atoms with Gasteiger partial charge in [-0.05, 0) is 6.92 Å². The van der Waals surface area contributed by atoms with Gasteiger partial charge in [0.1, 0.15) is 42.7 Å². The van der Waals surface area contributed by atoms with Crippen LogP contribution in [0.15, 0.2) is 0 Å². The first-order valence-corrected chi connectivity index (χ1v) is 6.85. The van der Waals surface area contributed by atoms with E-state index in [1.54, 1.807) is 0 Å². The number of hydrogen-bond donors (Lipinski definition) is 8. The Balaban J connectivity index is 2.84. The molecule has 22 heavy (non-hydrogen) atoms. The Morgan fingerprint density at radius 1 is 0.909 bits per heavy atom. The zero-order chi connectivity index (χ0) is 17.0. The van der Waals surface area contributed by atoms with Crippen molar-refractivity contribution in [2.45, 2.75) is 62.0 Å². The average molecular weight is 328 g/mol. The molecule has 1 rings (SSSR count). The first kappa shape index (κ1) is 19.6. The van der Waals surface area contributed by atoms with Gasteiger partial charge in [-0.15, -0.1) is 0 Å². The van der Waals surface area contributed by atoms with Gasteiger partial charge in [-0.25, -0.2) is 0 Å². The summed E-state index contributed by atoms with van der Waals surface area (Å²) in [5.74, 6) is 0. The van der Waals surface area contributed by atoms with E-state index in [0.29, 0.717) is 0 Å². The third kappa shape index (κ3) is 4.32. The second kappa shape index (κ2) is 8.45. The van der Waals surface area contributed by atoms with Gasteiger partial charge in [0.2, 0.25) is 0 Å². The Hall–Kier alpha value is -0.400. The van der Waals surface area contributed by atoms with Gasteiger partial charge in [-0.3, -0.25) is 0 Å². The highest BCUT2D eigenvalue weighted by molar-refractivity contribution is 4.89. The molecule has 0 aromatic carbocycles. The van der Waals surface area contributed by atoms with E-state index in [2.05, 4.69) is 0 Å². The largest absolute Gasteiger partial charge is 0.394 e. The quantitative estimate of drug-likeness (QED) is 0.226. The van der Waals surface area contributed by atoms with Crippen LogP contribution in [0.5, 0.6) is 0 Å². The Bertz CT molecular complexity index is 329. The maximum atomic E-state index is 9.82. The number of hydrogen-bond acceptors (Lipinski definition) is 10. The summed E-state index contributed by atoms with van der Waals surface area (Å²) in [5.41, 5.74) is 0. The first-order valence-electron chi connectivity index (χ1n) is 6.85. The molecule has 0 aromatic rings. The van der Waals surface area contributed by atoms with E-state index in [1.807, 2.05) is 0 Å². The van der Waals surface area contributed by atoms with Crippen LogP contribution >= 0.6 is 0 Å². The molecule has 0 radical (unpaired) electrons. The molecular formula is C12H24O10. The van der Waals surface area contributed by atoms with Crippen molar-refractivity contribution in [3.05, 3.63) is 0 Å². The zero-order valence-corrected chi connectivity index (χ0v) is 12.0. The summed E-state index contributed by atoms with van der Waals surface area (Å²) in [6.45, 7) is -0.249. The fourth-order valence-corrected chi connectivity index (χ4v) is 2.11. The van der Waals surface area contributed by atoms with E-state index in [0.717, 1.165) is 0 Å². The number of aliphatic hydroxyl groups excluding tert-OH is 8. The molecule has 1 fully saturated rings. The Kier molecular flexibility index (Phi) is 7.55. The molecule has 10 heteroatoms. The second-order valence-corrected chi connectivity index (χ2v) is 5.27. The van der Waals surface area contributed by atoms with Crippen LogP contribution in [-0.2, 0) is 9.47 Å². The van der Waals surface area contributed by atoms with Crippen LogP contribution in [0.25, 0.3) is 0 Å². The summed E-state index contributed by atoms with van der Waals surface area (Å²) in [7, 11) is 0. The van der Waals surface area contributed by atoms with Gasteiger partial charge < -0.3 is 50.3 Å². The van der Waals surface area contributed by atoms with E-state index < -0.39 is 68.3 Å². The number of ether oxygens (including phenoxy) is 2. The third-order valence-electron chi connectivity index (χ3n) is 3.58. The Morgan fingerprint density at radius 2 is 1.45 bits per heavy atom. The molecule has 1 saturated heterocycles. The molecule has 0 bridgehead atoms. The highest BCUT2D eigenvalue weighted by atomic mass is 16.7. The molecule has 8 N–H and O–H groups in total. The van der Waals surface area contributed by atoms with Gasteiger partial charge in [-0.1, -0.05) is 0 Å². The maximum absolute atomic E-state index is 9.82. The van der Waals surface area contributed by atoms with Crippen molar-refractivity contribution in [1.29, 1.82) is 0 Å². The predicted octanol–water partition coefficient (Wildman–Crippen LogP) is -4.73. The minimum atomic E-state index is -1.79. The second-order valence-electron chi connectivity index (χ2n) is 5.27. The van der Waals surface area contributed by atoms with Crippen molar-refractivity contribution in [2.75, 3.05) is 13.2 Å². The molecule has 0 aliphatic carbocycles. The molecule has 0 unspecified atom stereocenters. The zero-order valence-electron chi connectivity index (χ0n) is 12.0. The molecule has 0 saturated carbocycles. The minimum Gasteiger partial charge on any atom is -0.394 e. The summed E-state index contributed by atoms with van der Waals surface area (Å²) < 4.78 is 10.3.